The van der Waals surface area contributed by atoms with Gasteiger partial charge >= 0.3 is 6.18 Å². The van der Waals surface area contributed by atoms with E-state index in [0.29, 0.717) is 29.2 Å². The summed E-state index contributed by atoms with van der Waals surface area (Å²) >= 11 is 0. The maximum absolute atomic E-state index is 13.4. The lowest BCUT2D eigenvalue weighted by molar-refractivity contribution is -0.140. The summed E-state index contributed by atoms with van der Waals surface area (Å²) in [5, 5.41) is 3.94. The molecule has 4 nitrogen and oxygen atoms in total. The largest absolute Gasteiger partial charge is 0.433 e. The van der Waals surface area contributed by atoms with Crippen molar-refractivity contribution < 1.29 is 17.6 Å². The van der Waals surface area contributed by atoms with Crippen LogP contribution < -0.4 is 5.32 Å². The molecule has 0 atom stereocenters. The summed E-state index contributed by atoms with van der Waals surface area (Å²) in [5.41, 5.74) is 1.78. The van der Waals surface area contributed by atoms with Gasteiger partial charge in [-0.1, -0.05) is 42.5 Å². The minimum atomic E-state index is -4.53. The van der Waals surface area contributed by atoms with Crippen LogP contribution in [0.3, 0.4) is 0 Å². The maximum atomic E-state index is 13.4. The number of anilines is 1. The van der Waals surface area contributed by atoms with Gasteiger partial charge in [0.25, 0.3) is 0 Å². The first kappa shape index (κ1) is 24.2. The molecule has 0 saturated carbocycles. The molecule has 36 heavy (non-hydrogen) atoms. The van der Waals surface area contributed by atoms with Crippen molar-refractivity contribution >= 4 is 16.7 Å². The monoisotopic (exact) mass is 494 g/mol. The van der Waals surface area contributed by atoms with Crippen molar-refractivity contribution in [3.63, 3.8) is 0 Å². The van der Waals surface area contributed by atoms with E-state index in [1.807, 2.05) is 42.5 Å². The van der Waals surface area contributed by atoms with Crippen molar-refractivity contribution in [1.82, 2.24) is 14.9 Å². The number of fused-ring (bicyclic) bond motifs is 1. The molecule has 0 bridgehead atoms. The van der Waals surface area contributed by atoms with Crippen LogP contribution in [0.4, 0.5) is 23.4 Å². The van der Waals surface area contributed by atoms with E-state index in [1.165, 1.54) is 18.2 Å². The second-order valence-electron chi connectivity index (χ2n) is 9.20. The minimum Gasteiger partial charge on any atom is -0.369 e. The van der Waals surface area contributed by atoms with Gasteiger partial charge in [0.05, 0.1) is 5.52 Å². The van der Waals surface area contributed by atoms with Gasteiger partial charge in [-0.25, -0.2) is 14.4 Å². The molecule has 1 fully saturated rings. The maximum Gasteiger partial charge on any atom is 0.433 e. The molecule has 1 saturated heterocycles. The molecule has 5 rings (SSSR count). The summed E-state index contributed by atoms with van der Waals surface area (Å²) in [6.45, 7) is 3.33. The molecule has 4 aromatic rings. The first-order valence-corrected chi connectivity index (χ1v) is 12.0. The number of nitrogens with one attached hydrogen (secondary N) is 1. The lowest BCUT2D eigenvalue weighted by Crippen LogP contribution is -2.35. The minimum absolute atomic E-state index is 0.230. The van der Waals surface area contributed by atoms with E-state index < -0.39 is 11.9 Å². The fourth-order valence-electron chi connectivity index (χ4n) is 4.68. The highest BCUT2D eigenvalue weighted by Gasteiger charge is 2.33. The highest BCUT2D eigenvalue weighted by molar-refractivity contribution is 5.99. The molecule has 186 valence electrons. The van der Waals surface area contributed by atoms with E-state index in [2.05, 4.69) is 20.2 Å². The molecule has 1 N–H and O–H groups in total. The second-order valence-corrected chi connectivity index (χ2v) is 9.20. The SMILES string of the molecule is Fc1ccc(CN2CCC(CNc3ncc(-c4ccccc4)c4nc(C(F)(F)F)ccc34)CC2)cc1. The Kier molecular flexibility index (Phi) is 6.87. The van der Waals surface area contributed by atoms with Gasteiger partial charge in [0.15, 0.2) is 0 Å². The molecule has 3 heterocycles. The van der Waals surface area contributed by atoms with Gasteiger partial charge in [-0.2, -0.15) is 13.2 Å². The number of alkyl halides is 3. The van der Waals surface area contributed by atoms with Crippen molar-refractivity contribution in [2.75, 3.05) is 25.0 Å². The van der Waals surface area contributed by atoms with Crippen LogP contribution in [0, 0.1) is 11.7 Å². The number of likely N-dealkylation sites (tertiary alicyclic amines) is 1. The van der Waals surface area contributed by atoms with Gasteiger partial charge in [0.1, 0.15) is 17.3 Å². The van der Waals surface area contributed by atoms with Crippen LogP contribution in [0.15, 0.2) is 72.9 Å². The first-order chi connectivity index (χ1) is 17.4. The molecule has 0 spiro atoms. The summed E-state index contributed by atoms with van der Waals surface area (Å²) in [4.78, 5) is 10.9. The Labute approximate surface area is 207 Å². The highest BCUT2D eigenvalue weighted by Crippen LogP contribution is 2.35. The van der Waals surface area contributed by atoms with E-state index in [-0.39, 0.29) is 11.3 Å². The Bertz CT molecular complexity index is 1320. The van der Waals surface area contributed by atoms with Crippen molar-refractivity contribution in [3.8, 4) is 11.1 Å². The molecule has 1 aliphatic heterocycles. The molecule has 1 aliphatic rings. The smallest absolute Gasteiger partial charge is 0.369 e. The second kappa shape index (κ2) is 10.2. The van der Waals surface area contributed by atoms with Crippen LogP contribution in [0.2, 0.25) is 0 Å². The van der Waals surface area contributed by atoms with Gasteiger partial charge in [-0.05, 0) is 67.2 Å². The molecule has 0 unspecified atom stereocenters. The standard InChI is InChI=1S/C28H26F4N4/c29-22-8-6-20(7-9-22)18-36-14-12-19(13-15-36)16-33-27-23-10-11-25(28(30,31)32)35-26(23)24(17-34-27)21-4-2-1-3-5-21/h1-11,17,19H,12-16,18H2,(H,33,34). The number of hydrogen-bond acceptors (Lipinski definition) is 4. The molecule has 2 aromatic carbocycles. The molecule has 0 radical (unpaired) electrons. The fraction of sp³-hybridized carbons (Fsp3) is 0.286. The zero-order valence-corrected chi connectivity index (χ0v) is 19.6. The van der Waals surface area contributed by atoms with Crippen molar-refractivity contribution in [1.29, 1.82) is 0 Å². The number of nitrogens with zero attached hydrogens (tertiary/aromatic N) is 3. The summed E-state index contributed by atoms with van der Waals surface area (Å²) in [6.07, 6.45) is -0.950. The molecular formula is C28H26F4N4. The third-order valence-corrected chi connectivity index (χ3v) is 6.69. The normalized spacial score (nSPS) is 15.3. The van der Waals surface area contributed by atoms with Gasteiger partial charge < -0.3 is 5.32 Å². The average molecular weight is 495 g/mol. The van der Waals surface area contributed by atoms with Gasteiger partial charge in [0.2, 0.25) is 0 Å². The number of pyridine rings is 2. The predicted molar refractivity (Wildman–Crippen MR) is 133 cm³/mol. The first-order valence-electron chi connectivity index (χ1n) is 12.0. The van der Waals surface area contributed by atoms with E-state index in [0.717, 1.165) is 49.7 Å². The van der Waals surface area contributed by atoms with Crippen LogP contribution in [-0.2, 0) is 12.7 Å². The lowest BCUT2D eigenvalue weighted by Gasteiger charge is -2.32. The van der Waals surface area contributed by atoms with E-state index >= 15 is 0 Å². The van der Waals surface area contributed by atoms with E-state index in [4.69, 9.17) is 0 Å². The summed E-state index contributed by atoms with van der Waals surface area (Å²) in [7, 11) is 0. The van der Waals surface area contributed by atoms with E-state index in [9.17, 15) is 17.6 Å². The number of halogens is 4. The van der Waals surface area contributed by atoms with E-state index in [1.54, 1.807) is 6.20 Å². The van der Waals surface area contributed by atoms with Gasteiger partial charge in [-0.15, -0.1) is 0 Å². The molecule has 0 aliphatic carbocycles. The molecule has 8 heteroatoms. The Morgan fingerprint density at radius 1 is 0.917 bits per heavy atom. The van der Waals surface area contributed by atoms with Crippen LogP contribution in [0.25, 0.3) is 22.0 Å². The zero-order valence-electron chi connectivity index (χ0n) is 19.6. The van der Waals surface area contributed by atoms with Crippen molar-refractivity contribution in [3.05, 3.63) is 90.0 Å². The predicted octanol–water partition coefficient (Wildman–Crippen LogP) is 6.78. The third-order valence-electron chi connectivity index (χ3n) is 6.69. The molecule has 0 amide bonds. The number of hydrogen-bond donors (Lipinski definition) is 1. The number of aromatic nitrogens is 2. The van der Waals surface area contributed by atoms with Crippen molar-refractivity contribution in [2.45, 2.75) is 25.6 Å². The highest BCUT2D eigenvalue weighted by atomic mass is 19.4. The number of benzene rings is 2. The topological polar surface area (TPSA) is 41.0 Å². The zero-order chi connectivity index (χ0) is 25.1. The molecular weight excluding hydrogens is 468 g/mol. The summed E-state index contributed by atoms with van der Waals surface area (Å²) in [5.74, 6) is 0.730. The van der Waals surface area contributed by atoms with Crippen LogP contribution >= 0.6 is 0 Å². The Balaban J connectivity index is 1.30. The van der Waals surface area contributed by atoms with Crippen LogP contribution in [-0.4, -0.2) is 34.5 Å². The molecule has 2 aromatic heterocycles. The van der Waals surface area contributed by atoms with Gasteiger partial charge in [0, 0.05) is 30.2 Å². The Hall–Kier alpha value is -3.52. The van der Waals surface area contributed by atoms with Crippen LogP contribution in [0.5, 0.6) is 0 Å². The lowest BCUT2D eigenvalue weighted by atomic mass is 9.96. The Morgan fingerprint density at radius 3 is 2.33 bits per heavy atom. The summed E-state index contributed by atoms with van der Waals surface area (Å²) in [6, 6.07) is 18.3. The number of piperidine rings is 1. The van der Waals surface area contributed by atoms with Crippen LogP contribution in [0.1, 0.15) is 24.1 Å². The van der Waals surface area contributed by atoms with Crippen molar-refractivity contribution in [2.24, 2.45) is 5.92 Å². The Morgan fingerprint density at radius 2 is 1.64 bits per heavy atom. The fourth-order valence-corrected chi connectivity index (χ4v) is 4.68. The quantitative estimate of drug-likeness (QED) is 0.300. The average Bonchev–Trinajstić information content (AvgIpc) is 2.89. The summed E-state index contributed by atoms with van der Waals surface area (Å²) < 4.78 is 53.4. The number of rotatable bonds is 6. The van der Waals surface area contributed by atoms with Gasteiger partial charge in [-0.3, -0.25) is 4.90 Å². The third kappa shape index (κ3) is 5.49.